The first-order valence-electron chi connectivity index (χ1n) is 6.58. The zero-order chi connectivity index (χ0) is 13.7. The van der Waals surface area contributed by atoms with Crippen molar-refractivity contribution in [2.75, 3.05) is 26.7 Å². The molecule has 0 saturated heterocycles. The summed E-state index contributed by atoms with van der Waals surface area (Å²) in [5, 5.41) is 9.49. The van der Waals surface area contributed by atoms with Gasteiger partial charge in [-0.25, -0.2) is 0 Å². The predicted octanol–water partition coefficient (Wildman–Crippen LogP) is 1.41. The third kappa shape index (κ3) is 4.09. The van der Waals surface area contributed by atoms with Gasteiger partial charge < -0.3 is 15.7 Å². The van der Waals surface area contributed by atoms with Crippen LogP contribution in [0.3, 0.4) is 0 Å². The Morgan fingerprint density at radius 1 is 1.22 bits per heavy atom. The number of nitrogens with zero attached hydrogens (tertiary/aromatic N) is 1. The first-order chi connectivity index (χ1) is 8.45. The van der Waals surface area contributed by atoms with Crippen molar-refractivity contribution in [3.05, 3.63) is 34.4 Å². The number of likely N-dealkylation sites (N-methyl/N-ethyl adjacent to an activating group) is 1. The van der Waals surface area contributed by atoms with E-state index in [0.29, 0.717) is 13.1 Å². The normalized spacial score (nSPS) is 13.1. The van der Waals surface area contributed by atoms with Crippen LogP contribution in [0.5, 0.6) is 0 Å². The van der Waals surface area contributed by atoms with Crippen LogP contribution in [0.15, 0.2) is 12.1 Å². The largest absolute Gasteiger partial charge is 0.390 e. The van der Waals surface area contributed by atoms with Crippen molar-refractivity contribution in [3.8, 4) is 0 Å². The molecule has 0 bridgehead atoms. The van der Waals surface area contributed by atoms with Crippen LogP contribution in [0.2, 0.25) is 0 Å². The first kappa shape index (κ1) is 15.2. The topological polar surface area (TPSA) is 49.5 Å². The van der Waals surface area contributed by atoms with Gasteiger partial charge in [0.2, 0.25) is 0 Å². The molecule has 0 heterocycles. The molecule has 0 fully saturated rings. The minimum Gasteiger partial charge on any atom is -0.390 e. The highest BCUT2D eigenvalue weighted by atomic mass is 16.3. The van der Waals surface area contributed by atoms with E-state index in [2.05, 4.69) is 37.8 Å². The van der Waals surface area contributed by atoms with E-state index in [4.69, 9.17) is 5.73 Å². The van der Waals surface area contributed by atoms with E-state index in [1.165, 1.54) is 22.3 Å². The minimum absolute atomic E-state index is 0.326. The number of benzene rings is 1. The quantitative estimate of drug-likeness (QED) is 0.802. The fraction of sp³-hybridized carbons (Fsp3) is 0.600. The van der Waals surface area contributed by atoms with Gasteiger partial charge in [0.1, 0.15) is 0 Å². The van der Waals surface area contributed by atoms with Gasteiger partial charge in [-0.2, -0.15) is 0 Å². The molecule has 1 atom stereocenters. The Kier molecular flexibility index (Phi) is 5.79. The summed E-state index contributed by atoms with van der Waals surface area (Å²) in [6, 6.07) is 4.40. The molecular weight excluding hydrogens is 224 g/mol. The number of rotatable bonds is 6. The molecule has 0 aliphatic heterocycles. The van der Waals surface area contributed by atoms with E-state index in [1.54, 1.807) is 0 Å². The number of nitrogens with two attached hydrogens (primary N) is 1. The molecule has 1 aromatic rings. The van der Waals surface area contributed by atoms with Gasteiger partial charge in [0.15, 0.2) is 0 Å². The minimum atomic E-state index is -0.421. The molecule has 0 aliphatic rings. The molecule has 0 amide bonds. The number of aliphatic hydroxyl groups excluding tert-OH is 1. The van der Waals surface area contributed by atoms with Gasteiger partial charge in [-0.15, -0.1) is 0 Å². The van der Waals surface area contributed by atoms with Crippen LogP contribution in [0.1, 0.15) is 22.3 Å². The molecule has 0 aliphatic carbocycles. The maximum atomic E-state index is 9.49. The lowest BCUT2D eigenvalue weighted by atomic mass is 9.97. The SMILES string of the molecule is Cc1ccc(CCN(C)CC(O)CN)c(C)c1C. The molecule has 102 valence electrons. The van der Waals surface area contributed by atoms with Crippen LogP contribution < -0.4 is 5.73 Å². The van der Waals surface area contributed by atoms with E-state index in [9.17, 15) is 5.11 Å². The Bertz CT molecular complexity index is 390. The molecule has 1 aromatic carbocycles. The number of aryl methyl sites for hydroxylation is 1. The van der Waals surface area contributed by atoms with E-state index in [0.717, 1.165) is 13.0 Å². The molecule has 0 spiro atoms. The molecule has 0 aromatic heterocycles. The summed E-state index contributed by atoms with van der Waals surface area (Å²) in [5.74, 6) is 0. The molecule has 0 saturated carbocycles. The summed E-state index contributed by atoms with van der Waals surface area (Å²) in [7, 11) is 2.02. The number of hydrogen-bond donors (Lipinski definition) is 2. The monoisotopic (exact) mass is 250 g/mol. The van der Waals surface area contributed by atoms with Gasteiger partial charge >= 0.3 is 0 Å². The second-order valence-corrected chi connectivity index (χ2v) is 5.19. The molecule has 1 unspecified atom stereocenters. The van der Waals surface area contributed by atoms with Gasteiger partial charge in [-0.05, 0) is 56.5 Å². The standard InChI is InChI=1S/C15H26N2O/c1-11-5-6-14(13(3)12(11)2)7-8-17(4)10-15(18)9-16/h5-6,15,18H,7-10,16H2,1-4H3. The fourth-order valence-corrected chi connectivity index (χ4v) is 2.12. The fourth-order valence-electron chi connectivity index (χ4n) is 2.12. The number of hydrogen-bond acceptors (Lipinski definition) is 3. The van der Waals surface area contributed by atoms with Crippen molar-refractivity contribution >= 4 is 0 Å². The van der Waals surface area contributed by atoms with E-state index < -0.39 is 6.10 Å². The Morgan fingerprint density at radius 3 is 2.50 bits per heavy atom. The van der Waals surface area contributed by atoms with Crippen molar-refractivity contribution in [2.24, 2.45) is 5.73 Å². The van der Waals surface area contributed by atoms with E-state index in [-0.39, 0.29) is 0 Å². The highest BCUT2D eigenvalue weighted by molar-refractivity contribution is 5.38. The zero-order valence-electron chi connectivity index (χ0n) is 12.0. The Balaban J connectivity index is 2.56. The van der Waals surface area contributed by atoms with Crippen molar-refractivity contribution in [1.29, 1.82) is 0 Å². The smallest absolute Gasteiger partial charge is 0.0788 e. The summed E-state index contributed by atoms with van der Waals surface area (Å²) in [6.07, 6.45) is 0.594. The summed E-state index contributed by atoms with van der Waals surface area (Å²) in [4.78, 5) is 2.13. The second kappa shape index (κ2) is 6.88. The van der Waals surface area contributed by atoms with Crippen molar-refractivity contribution in [2.45, 2.75) is 33.3 Å². The van der Waals surface area contributed by atoms with Gasteiger partial charge in [0.05, 0.1) is 6.10 Å². The molecule has 0 radical (unpaired) electrons. The zero-order valence-corrected chi connectivity index (χ0v) is 12.0. The summed E-state index contributed by atoms with van der Waals surface area (Å²) < 4.78 is 0. The average molecular weight is 250 g/mol. The summed E-state index contributed by atoms with van der Waals surface area (Å²) in [5.41, 5.74) is 10.9. The third-order valence-electron chi connectivity index (χ3n) is 3.73. The van der Waals surface area contributed by atoms with E-state index in [1.807, 2.05) is 7.05 Å². The maximum absolute atomic E-state index is 9.49. The Hall–Kier alpha value is -0.900. The first-order valence-corrected chi connectivity index (χ1v) is 6.58. The van der Waals surface area contributed by atoms with Crippen molar-refractivity contribution < 1.29 is 5.11 Å². The van der Waals surface area contributed by atoms with Crippen molar-refractivity contribution in [3.63, 3.8) is 0 Å². The van der Waals surface area contributed by atoms with Gasteiger partial charge in [0.25, 0.3) is 0 Å². The van der Waals surface area contributed by atoms with Crippen molar-refractivity contribution in [1.82, 2.24) is 4.90 Å². The van der Waals surface area contributed by atoms with Gasteiger partial charge in [0, 0.05) is 19.6 Å². The van der Waals surface area contributed by atoms with Gasteiger partial charge in [-0.3, -0.25) is 0 Å². The molecule has 1 rings (SSSR count). The van der Waals surface area contributed by atoms with E-state index >= 15 is 0 Å². The average Bonchev–Trinajstić information content (AvgIpc) is 2.35. The molecular formula is C15H26N2O. The second-order valence-electron chi connectivity index (χ2n) is 5.19. The van der Waals surface area contributed by atoms with Crippen LogP contribution in [-0.4, -0.2) is 42.8 Å². The predicted molar refractivity (Wildman–Crippen MR) is 76.9 cm³/mol. The Morgan fingerprint density at radius 2 is 1.89 bits per heavy atom. The highest BCUT2D eigenvalue weighted by Gasteiger charge is 2.08. The lowest BCUT2D eigenvalue weighted by Gasteiger charge is -2.20. The van der Waals surface area contributed by atoms with Gasteiger partial charge in [-0.1, -0.05) is 12.1 Å². The summed E-state index contributed by atoms with van der Waals surface area (Å²) >= 11 is 0. The molecule has 3 nitrogen and oxygen atoms in total. The lowest BCUT2D eigenvalue weighted by Crippen LogP contribution is -2.35. The summed E-state index contributed by atoms with van der Waals surface area (Å²) in [6.45, 7) is 8.42. The van der Waals surface area contributed by atoms with Crippen LogP contribution in [0, 0.1) is 20.8 Å². The van der Waals surface area contributed by atoms with Crippen LogP contribution in [-0.2, 0) is 6.42 Å². The third-order valence-corrected chi connectivity index (χ3v) is 3.73. The van der Waals surface area contributed by atoms with Crippen LogP contribution in [0.25, 0.3) is 0 Å². The maximum Gasteiger partial charge on any atom is 0.0788 e. The van der Waals surface area contributed by atoms with Crippen LogP contribution in [0.4, 0.5) is 0 Å². The highest BCUT2D eigenvalue weighted by Crippen LogP contribution is 2.17. The van der Waals surface area contributed by atoms with Crippen LogP contribution >= 0.6 is 0 Å². The number of aliphatic hydroxyl groups is 1. The molecule has 18 heavy (non-hydrogen) atoms. The molecule has 3 heteroatoms. The Labute approximate surface area is 111 Å². The lowest BCUT2D eigenvalue weighted by molar-refractivity contribution is 0.133. The molecule has 3 N–H and O–H groups in total.